The van der Waals surface area contributed by atoms with Gasteiger partial charge in [0.1, 0.15) is 11.5 Å². The summed E-state index contributed by atoms with van der Waals surface area (Å²) < 4.78 is 92.3. The van der Waals surface area contributed by atoms with Crippen molar-refractivity contribution in [2.75, 3.05) is 24.7 Å². The first kappa shape index (κ1) is 30.6. The summed E-state index contributed by atoms with van der Waals surface area (Å²) in [6, 6.07) is 10.5. The molecule has 3 heterocycles. The lowest BCUT2D eigenvalue weighted by Crippen LogP contribution is -2.42. The number of alkyl halides is 2. The van der Waals surface area contributed by atoms with Crippen molar-refractivity contribution >= 4 is 37.0 Å². The SMILES string of the molecule is CS(=O)(=O)N1CCC(Nc2ncc3cc(C(F)F)c(=O)n(Cc4ccc(-c5cccc(S(N)(=O)=O)c5)cc4F)c3n2)CC1. The van der Waals surface area contributed by atoms with Gasteiger partial charge in [-0.15, -0.1) is 0 Å². The quantitative estimate of drug-likeness (QED) is 0.299. The van der Waals surface area contributed by atoms with E-state index in [9.17, 15) is 30.4 Å². The second kappa shape index (κ2) is 11.7. The largest absolute Gasteiger partial charge is 0.351 e. The fourth-order valence-electron chi connectivity index (χ4n) is 4.95. The zero-order valence-electron chi connectivity index (χ0n) is 22.7. The molecule has 1 aliphatic rings. The standard InChI is InChI=1S/C27H27F3N6O5S2/c1-42(38,39)35-9-7-20(8-10-35)33-27-32-14-19-12-22(24(29)30)26(37)36(25(19)34-27)15-18-6-5-17(13-23(18)28)16-3-2-4-21(11-16)43(31,40)41/h2-6,11-14,20,24H,7-10,15H2,1H3,(H2,31,40,41)(H,32,33,34). The van der Waals surface area contributed by atoms with Crippen LogP contribution in [-0.4, -0.2) is 61.1 Å². The number of sulfonamides is 2. The second-order valence-corrected chi connectivity index (χ2v) is 13.8. The molecule has 0 spiro atoms. The van der Waals surface area contributed by atoms with Crippen LogP contribution in [0.1, 0.15) is 30.4 Å². The van der Waals surface area contributed by atoms with Crippen molar-refractivity contribution in [2.24, 2.45) is 5.14 Å². The number of nitrogens with zero attached hydrogens (tertiary/aromatic N) is 4. The number of fused-ring (bicyclic) bond motifs is 1. The number of hydrogen-bond donors (Lipinski definition) is 2. The summed E-state index contributed by atoms with van der Waals surface area (Å²) in [6.45, 7) is 0.171. The average molecular weight is 637 g/mol. The van der Waals surface area contributed by atoms with Gasteiger partial charge < -0.3 is 5.32 Å². The Morgan fingerprint density at radius 1 is 1.05 bits per heavy atom. The third-order valence-corrected chi connectivity index (χ3v) is 9.44. The van der Waals surface area contributed by atoms with E-state index in [1.807, 2.05) is 0 Å². The van der Waals surface area contributed by atoms with Crippen LogP contribution in [0.15, 0.2) is 64.4 Å². The van der Waals surface area contributed by atoms with Crippen molar-refractivity contribution in [3.8, 4) is 11.1 Å². The van der Waals surface area contributed by atoms with Gasteiger partial charge in [-0.2, -0.15) is 4.98 Å². The molecule has 16 heteroatoms. The first-order chi connectivity index (χ1) is 20.2. The lowest BCUT2D eigenvalue weighted by atomic mass is 10.0. The van der Waals surface area contributed by atoms with Gasteiger partial charge in [0.2, 0.25) is 26.0 Å². The molecule has 5 rings (SSSR count). The van der Waals surface area contributed by atoms with Gasteiger partial charge in [0.15, 0.2) is 0 Å². The Bertz CT molecular complexity index is 1980. The molecule has 0 aliphatic carbocycles. The fraction of sp³-hybridized carbons (Fsp3) is 0.296. The van der Waals surface area contributed by atoms with Crippen LogP contribution in [0.3, 0.4) is 0 Å². The summed E-state index contributed by atoms with van der Waals surface area (Å²) in [5.74, 6) is -0.653. The average Bonchev–Trinajstić information content (AvgIpc) is 2.94. The third-order valence-electron chi connectivity index (χ3n) is 7.22. The Morgan fingerprint density at radius 3 is 2.37 bits per heavy atom. The maximum absolute atomic E-state index is 15.4. The van der Waals surface area contributed by atoms with Gasteiger partial charge in [0.25, 0.3) is 12.0 Å². The molecular formula is C27H27F3N6O5S2. The maximum atomic E-state index is 15.4. The molecular weight excluding hydrogens is 609 g/mol. The number of piperidine rings is 1. The maximum Gasteiger partial charge on any atom is 0.269 e. The van der Waals surface area contributed by atoms with Crippen LogP contribution < -0.4 is 16.0 Å². The monoisotopic (exact) mass is 636 g/mol. The predicted octanol–water partition coefficient (Wildman–Crippen LogP) is 3.07. The van der Waals surface area contributed by atoms with Crippen LogP contribution in [0.5, 0.6) is 0 Å². The van der Waals surface area contributed by atoms with Crippen molar-refractivity contribution in [1.29, 1.82) is 0 Å². The first-order valence-corrected chi connectivity index (χ1v) is 16.4. The number of pyridine rings is 1. The van der Waals surface area contributed by atoms with Crippen LogP contribution in [0, 0.1) is 5.82 Å². The van der Waals surface area contributed by atoms with E-state index in [0.717, 1.165) is 23.0 Å². The molecule has 0 atom stereocenters. The number of nitrogens with one attached hydrogen (secondary N) is 1. The number of benzene rings is 2. The molecule has 4 aromatic rings. The molecule has 43 heavy (non-hydrogen) atoms. The molecule has 2 aromatic heterocycles. The minimum atomic E-state index is -3.99. The number of hydrogen-bond acceptors (Lipinski definition) is 8. The number of anilines is 1. The highest BCUT2D eigenvalue weighted by molar-refractivity contribution is 7.89. The fourth-order valence-corrected chi connectivity index (χ4v) is 6.38. The van der Waals surface area contributed by atoms with Gasteiger partial charge >= 0.3 is 0 Å². The molecule has 1 saturated heterocycles. The molecule has 228 valence electrons. The van der Waals surface area contributed by atoms with E-state index < -0.39 is 50.0 Å². The molecule has 0 radical (unpaired) electrons. The lowest BCUT2D eigenvalue weighted by Gasteiger charge is -2.30. The highest BCUT2D eigenvalue weighted by atomic mass is 32.2. The number of aromatic nitrogens is 3. The molecule has 11 nitrogen and oxygen atoms in total. The van der Waals surface area contributed by atoms with Gasteiger partial charge in [-0.05, 0) is 48.2 Å². The Morgan fingerprint density at radius 2 is 1.74 bits per heavy atom. The third kappa shape index (κ3) is 6.71. The Labute approximate surface area is 245 Å². The molecule has 0 saturated carbocycles. The van der Waals surface area contributed by atoms with Crippen LogP contribution in [-0.2, 0) is 26.6 Å². The van der Waals surface area contributed by atoms with E-state index in [1.165, 1.54) is 40.8 Å². The van der Waals surface area contributed by atoms with E-state index >= 15 is 4.39 Å². The summed E-state index contributed by atoms with van der Waals surface area (Å²) >= 11 is 0. The molecule has 1 fully saturated rings. The van der Waals surface area contributed by atoms with E-state index in [4.69, 9.17) is 5.14 Å². The topological polar surface area (TPSA) is 157 Å². The zero-order valence-corrected chi connectivity index (χ0v) is 24.4. The van der Waals surface area contributed by atoms with Gasteiger partial charge in [-0.25, -0.2) is 44.4 Å². The Balaban J connectivity index is 1.48. The Kier molecular flexibility index (Phi) is 8.30. The molecule has 3 N–H and O–H groups in total. The van der Waals surface area contributed by atoms with Crippen LogP contribution in [0.25, 0.3) is 22.2 Å². The van der Waals surface area contributed by atoms with Crippen LogP contribution >= 0.6 is 0 Å². The van der Waals surface area contributed by atoms with Gasteiger partial charge in [-0.3, -0.25) is 9.36 Å². The van der Waals surface area contributed by atoms with Crippen molar-refractivity contribution < 1.29 is 30.0 Å². The van der Waals surface area contributed by atoms with Gasteiger partial charge in [-0.1, -0.05) is 24.3 Å². The summed E-state index contributed by atoms with van der Waals surface area (Å²) in [6.07, 6.45) is 0.282. The number of rotatable bonds is 8. The van der Waals surface area contributed by atoms with E-state index in [-0.39, 0.29) is 33.5 Å². The summed E-state index contributed by atoms with van der Waals surface area (Å²) in [4.78, 5) is 21.6. The van der Waals surface area contributed by atoms with Crippen molar-refractivity contribution in [2.45, 2.75) is 36.7 Å². The van der Waals surface area contributed by atoms with E-state index in [1.54, 1.807) is 6.07 Å². The van der Waals surface area contributed by atoms with E-state index in [2.05, 4.69) is 15.3 Å². The van der Waals surface area contributed by atoms with Crippen molar-refractivity contribution in [3.05, 3.63) is 82.0 Å². The first-order valence-electron chi connectivity index (χ1n) is 13.0. The molecule has 2 aromatic carbocycles. The van der Waals surface area contributed by atoms with Gasteiger partial charge in [0.05, 0.1) is 23.3 Å². The lowest BCUT2D eigenvalue weighted by molar-refractivity contribution is 0.149. The van der Waals surface area contributed by atoms with Crippen LogP contribution in [0.4, 0.5) is 19.1 Å². The van der Waals surface area contributed by atoms with Crippen LogP contribution in [0.2, 0.25) is 0 Å². The molecule has 0 bridgehead atoms. The van der Waals surface area contributed by atoms with Crippen molar-refractivity contribution in [1.82, 2.24) is 18.8 Å². The highest BCUT2D eigenvalue weighted by Gasteiger charge is 2.26. The Hall–Kier alpha value is -3.86. The molecule has 0 unspecified atom stereocenters. The minimum Gasteiger partial charge on any atom is -0.351 e. The summed E-state index contributed by atoms with van der Waals surface area (Å²) in [5, 5.41) is 8.45. The minimum absolute atomic E-state index is 0.00226. The normalized spacial score (nSPS) is 15.3. The predicted molar refractivity (Wildman–Crippen MR) is 154 cm³/mol. The second-order valence-electron chi connectivity index (χ2n) is 10.2. The zero-order chi connectivity index (χ0) is 31.1. The van der Waals surface area contributed by atoms with Gasteiger partial charge in [0, 0.05) is 36.3 Å². The van der Waals surface area contributed by atoms with Crippen molar-refractivity contribution in [3.63, 3.8) is 0 Å². The smallest absolute Gasteiger partial charge is 0.269 e. The number of primary sulfonamides is 1. The molecule has 1 aliphatic heterocycles. The van der Waals surface area contributed by atoms with E-state index in [0.29, 0.717) is 37.1 Å². The summed E-state index contributed by atoms with van der Waals surface area (Å²) in [5.41, 5.74) is -1.11. The molecule has 0 amide bonds. The number of halogens is 3. The highest BCUT2D eigenvalue weighted by Crippen LogP contribution is 2.26. The number of nitrogens with two attached hydrogens (primary N) is 1. The summed E-state index contributed by atoms with van der Waals surface area (Å²) in [7, 11) is -7.30.